The van der Waals surface area contributed by atoms with Crippen LogP contribution in [0.2, 0.25) is 0 Å². The fourth-order valence-corrected chi connectivity index (χ4v) is 1.41. The zero-order chi connectivity index (χ0) is 13.1. The van der Waals surface area contributed by atoms with Crippen LogP contribution in [-0.2, 0) is 0 Å². The summed E-state index contributed by atoms with van der Waals surface area (Å²) >= 11 is 3.29. The van der Waals surface area contributed by atoms with E-state index in [1.165, 1.54) is 0 Å². The molecule has 1 rings (SSSR count). The van der Waals surface area contributed by atoms with Crippen molar-refractivity contribution in [3.63, 3.8) is 0 Å². The van der Waals surface area contributed by atoms with Crippen LogP contribution in [0, 0.1) is 0 Å². The second-order valence-electron chi connectivity index (χ2n) is 4.07. The molecule has 0 aromatic heterocycles. The van der Waals surface area contributed by atoms with Crippen molar-refractivity contribution in [3.05, 3.63) is 34.3 Å². The highest BCUT2D eigenvalue weighted by Gasteiger charge is 2.26. The number of halogens is 1. The summed E-state index contributed by atoms with van der Waals surface area (Å²) in [6.07, 6.45) is 0. The smallest absolute Gasteiger partial charge is 0.252 e. The predicted octanol–water partition coefficient (Wildman–Crippen LogP) is 1.70. The fraction of sp³-hybridized carbons (Fsp3) is 0.273. The minimum Gasteiger partial charge on any atom is -0.409 e. The molecule has 1 aromatic rings. The topological polar surface area (TPSA) is 87.7 Å². The summed E-state index contributed by atoms with van der Waals surface area (Å²) < 4.78 is 0.893. The highest BCUT2D eigenvalue weighted by atomic mass is 79.9. The summed E-state index contributed by atoms with van der Waals surface area (Å²) in [4.78, 5) is 11.9. The van der Waals surface area contributed by atoms with Crippen molar-refractivity contribution in [2.45, 2.75) is 19.4 Å². The van der Waals surface area contributed by atoms with Gasteiger partial charge in [0.1, 0.15) is 0 Å². The van der Waals surface area contributed by atoms with Gasteiger partial charge in [-0.2, -0.15) is 0 Å². The third-order valence-electron chi connectivity index (χ3n) is 2.28. The SMILES string of the molecule is CC(C)(NC(=O)c1ccc(Br)cc1)/C(N)=N/O. The predicted molar refractivity (Wildman–Crippen MR) is 69.1 cm³/mol. The first-order valence-electron chi connectivity index (χ1n) is 4.93. The van der Waals surface area contributed by atoms with Crippen LogP contribution in [0.3, 0.4) is 0 Å². The summed E-state index contributed by atoms with van der Waals surface area (Å²) in [5, 5.41) is 14.2. The number of carbonyl (C=O) groups excluding carboxylic acids is 1. The Labute approximate surface area is 108 Å². The third kappa shape index (κ3) is 3.45. The molecule has 4 N–H and O–H groups in total. The lowest BCUT2D eigenvalue weighted by atomic mass is 10.0. The first-order chi connectivity index (χ1) is 7.86. The molecule has 17 heavy (non-hydrogen) atoms. The van der Waals surface area contributed by atoms with Crippen molar-refractivity contribution in [2.75, 3.05) is 0 Å². The molecule has 1 aromatic carbocycles. The Kier molecular flexibility index (Phi) is 4.11. The molecule has 0 radical (unpaired) electrons. The molecule has 0 fully saturated rings. The molecule has 5 nitrogen and oxygen atoms in total. The maximum Gasteiger partial charge on any atom is 0.252 e. The number of nitrogens with zero attached hydrogens (tertiary/aromatic N) is 1. The van der Waals surface area contributed by atoms with Gasteiger partial charge >= 0.3 is 0 Å². The maximum atomic E-state index is 11.9. The molecule has 0 spiro atoms. The van der Waals surface area contributed by atoms with Gasteiger partial charge < -0.3 is 16.3 Å². The monoisotopic (exact) mass is 299 g/mol. The van der Waals surface area contributed by atoms with E-state index in [4.69, 9.17) is 10.9 Å². The summed E-state index contributed by atoms with van der Waals surface area (Å²) in [6, 6.07) is 6.90. The van der Waals surface area contributed by atoms with Gasteiger partial charge in [0.15, 0.2) is 5.84 Å². The van der Waals surface area contributed by atoms with Gasteiger partial charge in [0, 0.05) is 10.0 Å². The Morgan fingerprint density at radius 2 is 1.94 bits per heavy atom. The molecule has 0 saturated heterocycles. The van der Waals surface area contributed by atoms with E-state index >= 15 is 0 Å². The summed E-state index contributed by atoms with van der Waals surface area (Å²) in [7, 11) is 0. The average molecular weight is 300 g/mol. The van der Waals surface area contributed by atoms with E-state index in [1.54, 1.807) is 38.1 Å². The van der Waals surface area contributed by atoms with Gasteiger partial charge in [-0.25, -0.2) is 0 Å². The minimum absolute atomic E-state index is 0.0528. The zero-order valence-electron chi connectivity index (χ0n) is 9.57. The number of nitrogens with two attached hydrogens (primary N) is 1. The molecule has 1 amide bonds. The lowest BCUT2D eigenvalue weighted by molar-refractivity contribution is 0.0931. The lowest BCUT2D eigenvalue weighted by Gasteiger charge is -2.24. The van der Waals surface area contributed by atoms with Crippen molar-refractivity contribution in [1.29, 1.82) is 0 Å². The van der Waals surface area contributed by atoms with Crippen LogP contribution < -0.4 is 11.1 Å². The average Bonchev–Trinajstić information content (AvgIpc) is 2.28. The van der Waals surface area contributed by atoms with Crippen LogP contribution in [0.25, 0.3) is 0 Å². The van der Waals surface area contributed by atoms with Crippen molar-refractivity contribution in [1.82, 2.24) is 5.32 Å². The van der Waals surface area contributed by atoms with E-state index in [9.17, 15) is 4.79 Å². The molecule has 0 atom stereocenters. The van der Waals surface area contributed by atoms with E-state index in [0.717, 1.165) is 4.47 Å². The molecule has 6 heteroatoms. The zero-order valence-corrected chi connectivity index (χ0v) is 11.2. The van der Waals surface area contributed by atoms with Gasteiger partial charge in [-0.3, -0.25) is 4.79 Å². The van der Waals surface area contributed by atoms with Crippen molar-refractivity contribution in [3.8, 4) is 0 Å². The van der Waals surface area contributed by atoms with E-state index < -0.39 is 5.54 Å². The Balaban J connectivity index is 2.83. The second-order valence-corrected chi connectivity index (χ2v) is 4.99. The minimum atomic E-state index is -0.904. The second kappa shape index (κ2) is 5.18. The molecule has 0 aliphatic rings. The number of hydrogen-bond acceptors (Lipinski definition) is 3. The normalized spacial score (nSPS) is 12.3. The number of benzene rings is 1. The molecule has 92 valence electrons. The first-order valence-corrected chi connectivity index (χ1v) is 5.72. The molecule has 0 saturated carbocycles. The molecular formula is C11H14BrN3O2. The van der Waals surface area contributed by atoms with Crippen LogP contribution in [0.4, 0.5) is 0 Å². The van der Waals surface area contributed by atoms with Crippen LogP contribution in [0.5, 0.6) is 0 Å². The van der Waals surface area contributed by atoms with Crippen molar-refractivity contribution >= 4 is 27.7 Å². The van der Waals surface area contributed by atoms with Crippen LogP contribution >= 0.6 is 15.9 Å². The van der Waals surface area contributed by atoms with Crippen LogP contribution in [0.1, 0.15) is 24.2 Å². The molecule has 0 aliphatic carbocycles. The number of amides is 1. The fourth-order valence-electron chi connectivity index (χ4n) is 1.15. The van der Waals surface area contributed by atoms with Gasteiger partial charge in [0.2, 0.25) is 0 Å². The Bertz CT molecular complexity index is 441. The molecule has 0 unspecified atom stereocenters. The highest BCUT2D eigenvalue weighted by Crippen LogP contribution is 2.11. The van der Waals surface area contributed by atoms with Gasteiger partial charge in [-0.15, -0.1) is 0 Å². The first kappa shape index (κ1) is 13.5. The van der Waals surface area contributed by atoms with E-state index in [-0.39, 0.29) is 11.7 Å². The summed E-state index contributed by atoms with van der Waals surface area (Å²) in [5.74, 6) is -0.336. The third-order valence-corrected chi connectivity index (χ3v) is 2.81. The van der Waals surface area contributed by atoms with Crippen LogP contribution in [-0.4, -0.2) is 22.5 Å². The molecular weight excluding hydrogens is 286 g/mol. The highest BCUT2D eigenvalue weighted by molar-refractivity contribution is 9.10. The molecule has 0 aliphatic heterocycles. The number of amidine groups is 1. The van der Waals surface area contributed by atoms with Gasteiger partial charge in [-0.05, 0) is 38.1 Å². The Hall–Kier alpha value is -1.56. The van der Waals surface area contributed by atoms with Crippen molar-refractivity contribution in [2.24, 2.45) is 10.9 Å². The molecule has 0 heterocycles. The lowest BCUT2D eigenvalue weighted by Crippen LogP contribution is -2.53. The summed E-state index contributed by atoms with van der Waals surface area (Å²) in [5.41, 5.74) is 5.08. The van der Waals surface area contributed by atoms with E-state index in [0.29, 0.717) is 5.56 Å². The number of hydrogen-bond donors (Lipinski definition) is 3. The number of oxime groups is 1. The quantitative estimate of drug-likeness (QED) is 0.344. The van der Waals surface area contributed by atoms with Gasteiger partial charge in [0.05, 0.1) is 5.54 Å². The number of nitrogens with one attached hydrogen (secondary N) is 1. The van der Waals surface area contributed by atoms with Gasteiger partial charge in [0.25, 0.3) is 5.91 Å². The van der Waals surface area contributed by atoms with Crippen LogP contribution in [0.15, 0.2) is 33.9 Å². The van der Waals surface area contributed by atoms with Gasteiger partial charge in [-0.1, -0.05) is 21.1 Å². The van der Waals surface area contributed by atoms with E-state index in [2.05, 4.69) is 26.4 Å². The molecule has 0 bridgehead atoms. The van der Waals surface area contributed by atoms with E-state index in [1.807, 2.05) is 0 Å². The Morgan fingerprint density at radius 1 is 1.41 bits per heavy atom. The Morgan fingerprint density at radius 3 is 2.41 bits per heavy atom. The van der Waals surface area contributed by atoms with Crippen molar-refractivity contribution < 1.29 is 10.0 Å². The number of carbonyl (C=O) groups is 1. The standard InChI is InChI=1S/C11H14BrN3O2/c1-11(2,10(13)15-17)14-9(16)7-3-5-8(12)6-4-7/h3-6,17H,1-2H3,(H2,13,15)(H,14,16). The number of rotatable bonds is 3. The largest absolute Gasteiger partial charge is 0.409 e. The summed E-state index contributed by atoms with van der Waals surface area (Å²) in [6.45, 7) is 3.30. The maximum absolute atomic E-state index is 11.9.